The first kappa shape index (κ1) is 17.5. The fourth-order valence-electron chi connectivity index (χ4n) is 3.26. The second kappa shape index (κ2) is 6.51. The van der Waals surface area contributed by atoms with Gasteiger partial charge in [-0.2, -0.15) is 23.4 Å². The highest BCUT2D eigenvalue weighted by Gasteiger charge is 2.40. The molecule has 132 valence electrons. The molecule has 3 rings (SSSR count). The second-order valence-corrected chi connectivity index (χ2v) is 6.34. The van der Waals surface area contributed by atoms with Crippen LogP contribution in [0.2, 0.25) is 0 Å². The third-order valence-corrected chi connectivity index (χ3v) is 4.65. The van der Waals surface area contributed by atoms with Gasteiger partial charge in [-0.1, -0.05) is 6.07 Å². The summed E-state index contributed by atoms with van der Waals surface area (Å²) in [4.78, 5) is 14.1. The molecule has 2 aliphatic rings. The standard InChI is InChI=1S/C18H18F3N3O/c1-2-3-10-17(22-23-17)11-9-16(25)24-12-5-6-13-14(18(19,20)21)7-4-8-15(13)24/h1,4,7-8H,3,5-6,9-12H2. The van der Waals surface area contributed by atoms with Crippen LogP contribution in [0.25, 0.3) is 0 Å². The summed E-state index contributed by atoms with van der Waals surface area (Å²) in [5.41, 5.74) is -0.639. The fraction of sp³-hybridized carbons (Fsp3) is 0.500. The van der Waals surface area contributed by atoms with E-state index in [1.54, 1.807) is 6.07 Å². The molecule has 0 bridgehead atoms. The van der Waals surface area contributed by atoms with Crippen LogP contribution in [0.15, 0.2) is 28.4 Å². The molecule has 0 saturated carbocycles. The van der Waals surface area contributed by atoms with Gasteiger partial charge in [0.1, 0.15) is 0 Å². The number of alkyl halides is 3. The van der Waals surface area contributed by atoms with Gasteiger partial charge >= 0.3 is 6.18 Å². The van der Waals surface area contributed by atoms with E-state index in [4.69, 9.17) is 6.42 Å². The summed E-state index contributed by atoms with van der Waals surface area (Å²) in [5, 5.41) is 7.98. The van der Waals surface area contributed by atoms with Crippen LogP contribution in [0.4, 0.5) is 18.9 Å². The monoisotopic (exact) mass is 349 g/mol. The molecular weight excluding hydrogens is 331 g/mol. The molecule has 0 spiro atoms. The molecule has 7 heteroatoms. The lowest BCUT2D eigenvalue weighted by atomic mass is 9.95. The Morgan fingerprint density at radius 1 is 1.32 bits per heavy atom. The quantitative estimate of drug-likeness (QED) is 0.729. The number of carbonyl (C=O) groups is 1. The maximum absolute atomic E-state index is 13.2. The van der Waals surface area contributed by atoms with Crippen molar-refractivity contribution in [2.75, 3.05) is 11.4 Å². The van der Waals surface area contributed by atoms with E-state index in [0.717, 1.165) is 6.07 Å². The van der Waals surface area contributed by atoms with Crippen molar-refractivity contribution in [2.45, 2.75) is 50.4 Å². The molecule has 1 amide bonds. The number of anilines is 1. The molecule has 2 aliphatic heterocycles. The zero-order valence-electron chi connectivity index (χ0n) is 13.6. The number of amides is 1. The normalized spacial score (nSPS) is 17.8. The van der Waals surface area contributed by atoms with E-state index in [9.17, 15) is 18.0 Å². The Labute approximate surface area is 144 Å². The van der Waals surface area contributed by atoms with E-state index in [2.05, 4.69) is 16.1 Å². The number of benzene rings is 1. The Balaban J connectivity index is 1.73. The summed E-state index contributed by atoms with van der Waals surface area (Å²) in [7, 11) is 0. The smallest absolute Gasteiger partial charge is 0.312 e. The van der Waals surface area contributed by atoms with Gasteiger partial charge in [0, 0.05) is 37.9 Å². The third kappa shape index (κ3) is 3.68. The first-order valence-corrected chi connectivity index (χ1v) is 8.23. The van der Waals surface area contributed by atoms with Gasteiger partial charge in [0.15, 0.2) is 5.66 Å². The minimum atomic E-state index is -4.41. The maximum atomic E-state index is 13.2. The van der Waals surface area contributed by atoms with E-state index in [1.807, 2.05) is 0 Å². The van der Waals surface area contributed by atoms with Crippen LogP contribution in [-0.4, -0.2) is 18.1 Å². The van der Waals surface area contributed by atoms with Crippen molar-refractivity contribution in [1.82, 2.24) is 0 Å². The summed E-state index contributed by atoms with van der Waals surface area (Å²) in [6.45, 7) is 0.429. The van der Waals surface area contributed by atoms with Crippen molar-refractivity contribution >= 4 is 11.6 Å². The summed E-state index contributed by atoms with van der Waals surface area (Å²) in [6.07, 6.45) is 3.43. The molecule has 0 N–H and O–H groups in total. The van der Waals surface area contributed by atoms with Crippen molar-refractivity contribution in [3.8, 4) is 12.3 Å². The number of hydrogen-bond donors (Lipinski definition) is 0. The van der Waals surface area contributed by atoms with Gasteiger partial charge < -0.3 is 4.90 Å². The molecule has 25 heavy (non-hydrogen) atoms. The van der Waals surface area contributed by atoms with Crippen molar-refractivity contribution in [2.24, 2.45) is 10.2 Å². The maximum Gasteiger partial charge on any atom is 0.416 e. The van der Waals surface area contributed by atoms with Crippen LogP contribution < -0.4 is 4.90 Å². The molecule has 0 aromatic heterocycles. The van der Waals surface area contributed by atoms with Gasteiger partial charge in [0.05, 0.1) is 5.56 Å². The predicted octanol–water partition coefficient (Wildman–Crippen LogP) is 4.34. The van der Waals surface area contributed by atoms with Crippen LogP contribution in [0, 0.1) is 12.3 Å². The van der Waals surface area contributed by atoms with Crippen LogP contribution >= 0.6 is 0 Å². The molecule has 0 atom stereocenters. The fourth-order valence-corrected chi connectivity index (χ4v) is 3.26. The Bertz CT molecular complexity index is 743. The molecule has 2 heterocycles. The van der Waals surface area contributed by atoms with E-state index >= 15 is 0 Å². The number of hydrogen-bond acceptors (Lipinski definition) is 3. The minimum Gasteiger partial charge on any atom is -0.312 e. The summed E-state index contributed by atoms with van der Waals surface area (Å²) in [5.74, 6) is 2.33. The molecule has 0 aliphatic carbocycles. The SMILES string of the molecule is C#CCCC1(CCC(=O)N2CCCc3c2cccc3C(F)(F)F)N=N1. The molecule has 0 radical (unpaired) electrons. The van der Waals surface area contributed by atoms with Crippen LogP contribution in [-0.2, 0) is 17.4 Å². The zero-order valence-corrected chi connectivity index (χ0v) is 13.6. The number of fused-ring (bicyclic) bond motifs is 1. The summed E-state index contributed by atoms with van der Waals surface area (Å²) < 4.78 is 39.6. The molecule has 1 aromatic carbocycles. The van der Waals surface area contributed by atoms with Gasteiger partial charge in [-0.25, -0.2) is 0 Å². The molecule has 0 unspecified atom stereocenters. The topological polar surface area (TPSA) is 45.0 Å². The Hall–Kier alpha value is -2.36. The van der Waals surface area contributed by atoms with E-state index in [1.165, 1.54) is 11.0 Å². The number of nitrogens with zero attached hydrogens (tertiary/aromatic N) is 3. The summed E-state index contributed by atoms with van der Waals surface area (Å²) >= 11 is 0. The Morgan fingerprint density at radius 2 is 2.08 bits per heavy atom. The number of carbonyl (C=O) groups excluding carboxylic acids is 1. The van der Waals surface area contributed by atoms with Crippen molar-refractivity contribution in [1.29, 1.82) is 0 Å². The first-order chi connectivity index (χ1) is 11.9. The van der Waals surface area contributed by atoms with Gasteiger partial charge in [0.25, 0.3) is 0 Å². The van der Waals surface area contributed by atoms with E-state index in [-0.39, 0.29) is 17.9 Å². The lowest BCUT2D eigenvalue weighted by Gasteiger charge is -2.31. The second-order valence-electron chi connectivity index (χ2n) is 6.34. The molecular formula is C18H18F3N3O. The van der Waals surface area contributed by atoms with E-state index in [0.29, 0.717) is 44.3 Å². The highest BCUT2D eigenvalue weighted by atomic mass is 19.4. The Kier molecular flexibility index (Phi) is 4.55. The van der Waals surface area contributed by atoms with Crippen molar-refractivity contribution < 1.29 is 18.0 Å². The molecule has 1 aromatic rings. The first-order valence-electron chi connectivity index (χ1n) is 8.23. The minimum absolute atomic E-state index is 0.188. The van der Waals surface area contributed by atoms with Crippen LogP contribution in [0.5, 0.6) is 0 Å². The zero-order chi connectivity index (χ0) is 18.1. The van der Waals surface area contributed by atoms with Crippen LogP contribution in [0.3, 0.4) is 0 Å². The average molecular weight is 349 g/mol. The van der Waals surface area contributed by atoms with Crippen molar-refractivity contribution in [3.63, 3.8) is 0 Å². The Morgan fingerprint density at radius 3 is 2.72 bits per heavy atom. The molecule has 0 fully saturated rings. The third-order valence-electron chi connectivity index (χ3n) is 4.65. The van der Waals surface area contributed by atoms with Gasteiger partial charge in [0.2, 0.25) is 5.91 Å². The van der Waals surface area contributed by atoms with Crippen LogP contribution in [0.1, 0.15) is 43.2 Å². The highest BCUT2D eigenvalue weighted by Crippen LogP contribution is 2.40. The largest absolute Gasteiger partial charge is 0.416 e. The number of terminal acetylenes is 1. The summed E-state index contributed by atoms with van der Waals surface area (Å²) in [6, 6.07) is 4.01. The van der Waals surface area contributed by atoms with E-state index < -0.39 is 17.4 Å². The molecule has 4 nitrogen and oxygen atoms in total. The highest BCUT2D eigenvalue weighted by molar-refractivity contribution is 5.94. The van der Waals surface area contributed by atoms with Gasteiger partial charge in [-0.15, -0.1) is 12.3 Å². The van der Waals surface area contributed by atoms with Gasteiger partial charge in [-0.3, -0.25) is 4.79 Å². The number of rotatable bonds is 5. The molecule has 0 saturated heterocycles. The predicted molar refractivity (Wildman–Crippen MR) is 87.0 cm³/mol. The number of halogens is 3. The van der Waals surface area contributed by atoms with Gasteiger partial charge in [-0.05, 0) is 30.5 Å². The lowest BCUT2D eigenvalue weighted by molar-refractivity contribution is -0.138. The lowest BCUT2D eigenvalue weighted by Crippen LogP contribution is -2.36. The average Bonchev–Trinajstić information content (AvgIpc) is 3.36. The van der Waals surface area contributed by atoms with Crippen molar-refractivity contribution in [3.05, 3.63) is 29.3 Å².